The zero-order valence-electron chi connectivity index (χ0n) is 11.9. The van der Waals surface area contributed by atoms with Gasteiger partial charge in [-0.3, -0.25) is 4.79 Å². The van der Waals surface area contributed by atoms with Crippen LogP contribution in [0.5, 0.6) is 0 Å². The molecule has 0 aliphatic carbocycles. The van der Waals surface area contributed by atoms with Gasteiger partial charge in [0.15, 0.2) is 0 Å². The molecule has 1 saturated heterocycles. The highest BCUT2D eigenvalue weighted by molar-refractivity contribution is 6.33. The van der Waals surface area contributed by atoms with Crippen molar-refractivity contribution >= 4 is 23.3 Å². The SMILES string of the molecule is CNc1cc(C(=O)N(C)CC2CCCOC2)c(Cl)cn1. The molecule has 1 aromatic heterocycles. The Morgan fingerprint density at radius 1 is 1.65 bits per heavy atom. The summed E-state index contributed by atoms with van der Waals surface area (Å²) in [5, 5.41) is 3.28. The van der Waals surface area contributed by atoms with Gasteiger partial charge in [0, 0.05) is 33.4 Å². The molecule has 6 heteroatoms. The van der Waals surface area contributed by atoms with Gasteiger partial charge in [-0.25, -0.2) is 4.98 Å². The van der Waals surface area contributed by atoms with Gasteiger partial charge in [0.1, 0.15) is 5.82 Å². The zero-order valence-corrected chi connectivity index (χ0v) is 12.6. The van der Waals surface area contributed by atoms with E-state index < -0.39 is 0 Å². The Balaban J connectivity index is 2.05. The van der Waals surface area contributed by atoms with Crippen LogP contribution in [0.15, 0.2) is 12.3 Å². The average molecular weight is 298 g/mol. The molecular weight excluding hydrogens is 278 g/mol. The molecule has 1 atom stereocenters. The van der Waals surface area contributed by atoms with Gasteiger partial charge in [-0.2, -0.15) is 0 Å². The maximum absolute atomic E-state index is 12.5. The fourth-order valence-electron chi connectivity index (χ4n) is 2.37. The van der Waals surface area contributed by atoms with E-state index in [0.29, 0.717) is 28.9 Å². The van der Waals surface area contributed by atoms with Gasteiger partial charge in [0.05, 0.1) is 17.2 Å². The molecule has 0 spiro atoms. The summed E-state index contributed by atoms with van der Waals surface area (Å²) < 4.78 is 5.44. The molecule has 110 valence electrons. The van der Waals surface area contributed by atoms with Crippen LogP contribution in [0.3, 0.4) is 0 Å². The van der Waals surface area contributed by atoms with Gasteiger partial charge in [0.2, 0.25) is 0 Å². The number of carbonyl (C=O) groups is 1. The summed E-state index contributed by atoms with van der Waals surface area (Å²) in [5.74, 6) is 0.953. The molecule has 1 fully saturated rings. The average Bonchev–Trinajstić information content (AvgIpc) is 2.48. The summed E-state index contributed by atoms with van der Waals surface area (Å²) in [7, 11) is 3.56. The number of hydrogen-bond acceptors (Lipinski definition) is 4. The Bertz CT molecular complexity index is 475. The molecule has 5 nitrogen and oxygen atoms in total. The van der Waals surface area contributed by atoms with Crippen LogP contribution in [0.1, 0.15) is 23.2 Å². The van der Waals surface area contributed by atoms with Gasteiger partial charge in [-0.15, -0.1) is 0 Å². The number of hydrogen-bond donors (Lipinski definition) is 1. The third-order valence-corrected chi connectivity index (χ3v) is 3.78. The molecule has 20 heavy (non-hydrogen) atoms. The second-order valence-corrected chi connectivity index (χ2v) is 5.48. The molecule has 1 unspecified atom stereocenters. The molecule has 0 bridgehead atoms. The number of anilines is 1. The largest absolute Gasteiger partial charge is 0.381 e. The highest BCUT2D eigenvalue weighted by atomic mass is 35.5. The monoisotopic (exact) mass is 297 g/mol. The topological polar surface area (TPSA) is 54.5 Å². The highest BCUT2D eigenvalue weighted by Crippen LogP contribution is 2.21. The molecule has 1 N–H and O–H groups in total. The van der Waals surface area contributed by atoms with E-state index in [1.165, 1.54) is 6.20 Å². The highest BCUT2D eigenvalue weighted by Gasteiger charge is 2.21. The van der Waals surface area contributed by atoms with Crippen LogP contribution in [0, 0.1) is 5.92 Å². The first-order chi connectivity index (χ1) is 9.61. The van der Waals surface area contributed by atoms with E-state index in [4.69, 9.17) is 16.3 Å². The molecule has 0 aromatic carbocycles. The normalized spacial score (nSPS) is 18.6. The molecule has 0 radical (unpaired) electrons. The van der Waals surface area contributed by atoms with E-state index >= 15 is 0 Å². The Morgan fingerprint density at radius 3 is 3.10 bits per heavy atom. The number of halogens is 1. The maximum atomic E-state index is 12.5. The molecule has 2 rings (SSSR count). The minimum absolute atomic E-state index is 0.0838. The summed E-state index contributed by atoms with van der Waals surface area (Å²) in [6.45, 7) is 2.24. The first-order valence-corrected chi connectivity index (χ1v) is 7.16. The quantitative estimate of drug-likeness (QED) is 0.926. The van der Waals surface area contributed by atoms with Crippen molar-refractivity contribution in [3.05, 3.63) is 22.8 Å². The molecule has 1 aliphatic heterocycles. The Kier molecular flexibility index (Phi) is 5.20. The van der Waals surface area contributed by atoms with E-state index in [9.17, 15) is 4.79 Å². The second-order valence-electron chi connectivity index (χ2n) is 5.07. The predicted octanol–water partition coefficient (Wildman–Crippen LogP) is 2.28. The summed E-state index contributed by atoms with van der Waals surface area (Å²) in [6, 6.07) is 1.68. The molecule has 0 saturated carbocycles. The van der Waals surface area contributed by atoms with E-state index in [0.717, 1.165) is 26.1 Å². The van der Waals surface area contributed by atoms with Crippen molar-refractivity contribution in [2.45, 2.75) is 12.8 Å². The predicted molar refractivity (Wildman–Crippen MR) is 79.3 cm³/mol. The summed E-state index contributed by atoms with van der Waals surface area (Å²) in [4.78, 5) is 18.2. The lowest BCUT2D eigenvalue weighted by molar-refractivity contribution is 0.0388. The lowest BCUT2D eigenvalue weighted by Crippen LogP contribution is -2.35. The van der Waals surface area contributed by atoms with Crippen LogP contribution >= 0.6 is 11.6 Å². The minimum atomic E-state index is -0.0838. The fourth-order valence-corrected chi connectivity index (χ4v) is 2.55. The smallest absolute Gasteiger partial charge is 0.255 e. The molecular formula is C14H20ClN3O2. The summed E-state index contributed by atoms with van der Waals surface area (Å²) in [6.07, 6.45) is 3.66. The van der Waals surface area contributed by atoms with Gasteiger partial charge < -0.3 is 15.0 Å². The van der Waals surface area contributed by atoms with Crippen molar-refractivity contribution in [3.63, 3.8) is 0 Å². The second kappa shape index (κ2) is 6.90. The first kappa shape index (κ1) is 15.1. The number of rotatable bonds is 4. The molecule has 2 heterocycles. The molecule has 1 amide bonds. The van der Waals surface area contributed by atoms with E-state index in [-0.39, 0.29) is 5.91 Å². The number of aromatic nitrogens is 1. The van der Waals surface area contributed by atoms with Gasteiger partial charge in [-0.05, 0) is 24.8 Å². The van der Waals surface area contributed by atoms with Crippen molar-refractivity contribution in [2.75, 3.05) is 39.2 Å². The van der Waals surface area contributed by atoms with E-state index in [1.807, 2.05) is 0 Å². The minimum Gasteiger partial charge on any atom is -0.381 e. The number of nitrogens with one attached hydrogen (secondary N) is 1. The van der Waals surface area contributed by atoms with Crippen LogP contribution in [-0.4, -0.2) is 49.6 Å². The number of amides is 1. The fraction of sp³-hybridized carbons (Fsp3) is 0.571. The van der Waals surface area contributed by atoms with Gasteiger partial charge in [0.25, 0.3) is 5.91 Å². The third-order valence-electron chi connectivity index (χ3n) is 3.48. The van der Waals surface area contributed by atoms with E-state index in [1.54, 1.807) is 25.1 Å². The summed E-state index contributed by atoms with van der Waals surface area (Å²) in [5.41, 5.74) is 0.477. The van der Waals surface area contributed by atoms with Crippen molar-refractivity contribution < 1.29 is 9.53 Å². The van der Waals surface area contributed by atoms with Crippen LogP contribution in [-0.2, 0) is 4.74 Å². The van der Waals surface area contributed by atoms with Crippen molar-refractivity contribution in [2.24, 2.45) is 5.92 Å². The van der Waals surface area contributed by atoms with Crippen molar-refractivity contribution in [1.82, 2.24) is 9.88 Å². The lowest BCUT2D eigenvalue weighted by atomic mass is 10.0. The first-order valence-electron chi connectivity index (χ1n) is 6.78. The molecule has 1 aromatic rings. The Labute approximate surface area is 124 Å². The van der Waals surface area contributed by atoms with Gasteiger partial charge in [-0.1, -0.05) is 11.6 Å². The Hall–Kier alpha value is -1.33. The number of nitrogens with zero attached hydrogens (tertiary/aromatic N) is 2. The third kappa shape index (κ3) is 3.61. The van der Waals surface area contributed by atoms with Gasteiger partial charge >= 0.3 is 0 Å². The number of pyridine rings is 1. The lowest BCUT2D eigenvalue weighted by Gasteiger charge is -2.27. The number of carbonyl (C=O) groups excluding carboxylic acids is 1. The number of ether oxygens (including phenoxy) is 1. The van der Waals surface area contributed by atoms with Crippen LogP contribution < -0.4 is 5.32 Å². The Morgan fingerprint density at radius 2 is 2.45 bits per heavy atom. The van der Waals surface area contributed by atoms with Crippen LogP contribution in [0.25, 0.3) is 0 Å². The molecule has 1 aliphatic rings. The van der Waals surface area contributed by atoms with E-state index in [2.05, 4.69) is 10.3 Å². The summed E-state index contributed by atoms with van der Waals surface area (Å²) >= 11 is 6.07. The zero-order chi connectivity index (χ0) is 14.5. The van der Waals surface area contributed by atoms with Crippen LogP contribution in [0.2, 0.25) is 5.02 Å². The van der Waals surface area contributed by atoms with Crippen molar-refractivity contribution in [1.29, 1.82) is 0 Å². The standard InChI is InChI=1S/C14H20ClN3O2/c1-16-13-6-11(12(15)7-17-13)14(19)18(2)8-10-4-3-5-20-9-10/h6-7,10H,3-5,8-9H2,1-2H3,(H,16,17). The van der Waals surface area contributed by atoms with Crippen molar-refractivity contribution in [3.8, 4) is 0 Å². The van der Waals surface area contributed by atoms with Crippen LogP contribution in [0.4, 0.5) is 5.82 Å². The maximum Gasteiger partial charge on any atom is 0.255 e.